The van der Waals surface area contributed by atoms with Crippen molar-refractivity contribution in [3.63, 3.8) is 0 Å². The number of amides is 1. The molecule has 1 atom stereocenters. The van der Waals surface area contributed by atoms with Crippen molar-refractivity contribution in [2.24, 2.45) is 0 Å². The fourth-order valence-corrected chi connectivity index (χ4v) is 2.68. The van der Waals surface area contributed by atoms with Crippen molar-refractivity contribution in [2.75, 3.05) is 0 Å². The minimum absolute atomic E-state index is 0.324. The third-order valence-corrected chi connectivity index (χ3v) is 3.77. The molecule has 0 aliphatic heterocycles. The topological polar surface area (TPSA) is 44.9 Å². The molecule has 1 heterocycles. The molecule has 2 N–H and O–H groups in total. The third-order valence-electron chi connectivity index (χ3n) is 3.77. The van der Waals surface area contributed by atoms with Crippen molar-refractivity contribution in [2.45, 2.75) is 18.6 Å². The van der Waals surface area contributed by atoms with E-state index in [9.17, 15) is 18.0 Å². The van der Waals surface area contributed by atoms with Crippen molar-refractivity contribution in [3.05, 3.63) is 71.9 Å². The van der Waals surface area contributed by atoms with Gasteiger partial charge in [-0.15, -0.1) is 0 Å². The molecular formula is C18H15F3N2O. The van der Waals surface area contributed by atoms with Crippen molar-refractivity contribution in [1.82, 2.24) is 10.3 Å². The first-order chi connectivity index (χ1) is 11.4. The average Bonchev–Trinajstić information content (AvgIpc) is 2.98. The number of alkyl halides is 3. The van der Waals surface area contributed by atoms with Gasteiger partial charge in [-0.25, -0.2) is 0 Å². The van der Waals surface area contributed by atoms with Crippen molar-refractivity contribution < 1.29 is 18.0 Å². The smallest absolute Gasteiger partial charge is 0.361 e. The van der Waals surface area contributed by atoms with Gasteiger partial charge in [0.25, 0.3) is 5.91 Å². The van der Waals surface area contributed by atoms with Crippen molar-refractivity contribution >= 4 is 16.8 Å². The van der Waals surface area contributed by atoms with Crippen LogP contribution < -0.4 is 5.32 Å². The van der Waals surface area contributed by atoms with Gasteiger partial charge in [0, 0.05) is 28.2 Å². The number of benzene rings is 2. The summed E-state index contributed by atoms with van der Waals surface area (Å²) < 4.78 is 39.0. The SMILES string of the molecule is O=C(N[C@@H](CC(F)(F)F)c1c[nH]c2ccccc12)c1ccccc1. The highest BCUT2D eigenvalue weighted by Crippen LogP contribution is 2.33. The molecule has 0 fully saturated rings. The van der Waals surface area contributed by atoms with Crippen LogP contribution in [0.3, 0.4) is 0 Å². The summed E-state index contributed by atoms with van der Waals surface area (Å²) in [7, 11) is 0. The minimum atomic E-state index is -4.40. The Kier molecular flexibility index (Phi) is 4.29. The highest BCUT2D eigenvalue weighted by molar-refractivity contribution is 5.95. The number of rotatable bonds is 4. The van der Waals surface area contributed by atoms with E-state index in [1.807, 2.05) is 0 Å². The number of hydrogen-bond donors (Lipinski definition) is 2. The lowest BCUT2D eigenvalue weighted by Gasteiger charge is -2.20. The van der Waals surface area contributed by atoms with Crippen LogP contribution in [0.2, 0.25) is 0 Å². The van der Waals surface area contributed by atoms with Crippen LogP contribution in [0.4, 0.5) is 13.2 Å². The number of carbonyl (C=O) groups excluding carboxylic acids is 1. The van der Waals surface area contributed by atoms with Gasteiger partial charge in [0.05, 0.1) is 12.5 Å². The summed E-state index contributed by atoms with van der Waals surface area (Å²) in [5.74, 6) is -0.532. The third kappa shape index (κ3) is 3.59. The van der Waals surface area contributed by atoms with Crippen LogP contribution in [-0.2, 0) is 0 Å². The zero-order valence-corrected chi connectivity index (χ0v) is 12.6. The molecule has 3 rings (SSSR count). The molecule has 0 bridgehead atoms. The van der Waals surface area contributed by atoms with Gasteiger partial charge in [0.1, 0.15) is 0 Å². The number of hydrogen-bond acceptors (Lipinski definition) is 1. The number of halogens is 3. The first-order valence-corrected chi connectivity index (χ1v) is 7.43. The fourth-order valence-electron chi connectivity index (χ4n) is 2.68. The largest absolute Gasteiger partial charge is 0.391 e. The fraction of sp³-hybridized carbons (Fsp3) is 0.167. The number of aromatic nitrogens is 1. The second kappa shape index (κ2) is 6.39. The molecular weight excluding hydrogens is 317 g/mol. The van der Waals surface area contributed by atoms with Gasteiger partial charge >= 0.3 is 6.18 Å². The summed E-state index contributed by atoms with van der Waals surface area (Å²) in [4.78, 5) is 15.2. The predicted molar refractivity (Wildman–Crippen MR) is 85.6 cm³/mol. The van der Waals surface area contributed by atoms with E-state index in [1.54, 1.807) is 54.6 Å². The Labute approximate surface area is 136 Å². The second-order valence-electron chi connectivity index (χ2n) is 5.50. The molecule has 1 aromatic heterocycles. The van der Waals surface area contributed by atoms with E-state index >= 15 is 0 Å². The molecule has 24 heavy (non-hydrogen) atoms. The van der Waals surface area contributed by atoms with Gasteiger partial charge in [0.2, 0.25) is 0 Å². The summed E-state index contributed by atoms with van der Waals surface area (Å²) in [6, 6.07) is 14.1. The van der Waals surface area contributed by atoms with Gasteiger partial charge in [-0.1, -0.05) is 36.4 Å². The van der Waals surface area contributed by atoms with Crippen LogP contribution in [0.25, 0.3) is 10.9 Å². The van der Waals surface area contributed by atoms with Crippen LogP contribution in [0.5, 0.6) is 0 Å². The Morgan fingerprint density at radius 3 is 2.42 bits per heavy atom. The number of aromatic amines is 1. The quantitative estimate of drug-likeness (QED) is 0.721. The molecule has 0 saturated heterocycles. The maximum absolute atomic E-state index is 13.0. The van der Waals surface area contributed by atoms with E-state index in [-0.39, 0.29) is 0 Å². The molecule has 0 radical (unpaired) electrons. The van der Waals surface area contributed by atoms with Crippen LogP contribution in [0, 0.1) is 0 Å². The predicted octanol–water partition coefficient (Wildman–Crippen LogP) is 4.59. The van der Waals surface area contributed by atoms with E-state index in [0.29, 0.717) is 16.5 Å². The average molecular weight is 332 g/mol. The molecule has 0 aliphatic rings. The normalized spacial score (nSPS) is 13.0. The number of H-pyrrole nitrogens is 1. The summed E-state index contributed by atoms with van der Waals surface area (Å²) in [5.41, 5.74) is 1.48. The lowest BCUT2D eigenvalue weighted by atomic mass is 10.0. The molecule has 6 heteroatoms. The number of nitrogens with one attached hydrogen (secondary N) is 2. The van der Waals surface area contributed by atoms with Gasteiger partial charge in [-0.2, -0.15) is 13.2 Å². The van der Waals surface area contributed by atoms with E-state index in [2.05, 4.69) is 10.3 Å². The lowest BCUT2D eigenvalue weighted by molar-refractivity contribution is -0.139. The van der Waals surface area contributed by atoms with Gasteiger partial charge in [0.15, 0.2) is 0 Å². The molecule has 3 aromatic rings. The number of carbonyl (C=O) groups is 1. The summed E-state index contributed by atoms with van der Waals surface area (Å²) in [6.07, 6.45) is -4.01. The number of fused-ring (bicyclic) bond motifs is 1. The minimum Gasteiger partial charge on any atom is -0.361 e. The van der Waals surface area contributed by atoms with Crippen molar-refractivity contribution in [1.29, 1.82) is 0 Å². The number of para-hydroxylation sites is 1. The van der Waals surface area contributed by atoms with E-state index in [0.717, 1.165) is 5.52 Å². The Hall–Kier alpha value is -2.76. The zero-order chi connectivity index (χ0) is 17.2. The first-order valence-electron chi connectivity index (χ1n) is 7.43. The Balaban J connectivity index is 1.93. The standard InChI is InChI=1S/C18H15F3N2O/c19-18(20,21)10-16(23-17(24)12-6-2-1-3-7-12)14-11-22-15-9-5-4-8-13(14)15/h1-9,11,16,22H,10H2,(H,23,24)/t16-/m0/s1. The first kappa shape index (κ1) is 16.1. The van der Waals surface area contributed by atoms with Crippen LogP contribution in [0.1, 0.15) is 28.4 Å². The van der Waals surface area contributed by atoms with Gasteiger partial charge in [-0.3, -0.25) is 4.79 Å². The zero-order valence-electron chi connectivity index (χ0n) is 12.6. The highest BCUT2D eigenvalue weighted by atomic mass is 19.4. The van der Waals surface area contributed by atoms with Crippen LogP contribution >= 0.6 is 0 Å². The lowest BCUT2D eigenvalue weighted by Crippen LogP contribution is -2.31. The Morgan fingerprint density at radius 2 is 1.71 bits per heavy atom. The van der Waals surface area contributed by atoms with E-state index in [1.165, 1.54) is 6.20 Å². The maximum Gasteiger partial charge on any atom is 0.391 e. The molecule has 2 aromatic carbocycles. The molecule has 1 amide bonds. The molecule has 0 spiro atoms. The molecule has 124 valence electrons. The summed E-state index contributed by atoms with van der Waals surface area (Å²) in [5, 5.41) is 3.17. The Morgan fingerprint density at radius 1 is 1.04 bits per heavy atom. The van der Waals surface area contributed by atoms with E-state index in [4.69, 9.17) is 0 Å². The maximum atomic E-state index is 13.0. The molecule has 0 aliphatic carbocycles. The summed E-state index contributed by atoms with van der Waals surface area (Å²) >= 11 is 0. The second-order valence-corrected chi connectivity index (χ2v) is 5.50. The summed E-state index contributed by atoms with van der Waals surface area (Å²) in [6.45, 7) is 0. The molecule has 0 saturated carbocycles. The van der Waals surface area contributed by atoms with E-state index < -0.39 is 24.5 Å². The van der Waals surface area contributed by atoms with Crippen molar-refractivity contribution in [3.8, 4) is 0 Å². The molecule has 3 nitrogen and oxygen atoms in total. The highest BCUT2D eigenvalue weighted by Gasteiger charge is 2.34. The van der Waals surface area contributed by atoms with Gasteiger partial charge < -0.3 is 10.3 Å². The van der Waals surface area contributed by atoms with Crippen LogP contribution in [0.15, 0.2) is 60.8 Å². The van der Waals surface area contributed by atoms with Gasteiger partial charge in [-0.05, 0) is 18.2 Å². The monoisotopic (exact) mass is 332 g/mol. The van der Waals surface area contributed by atoms with Crippen LogP contribution in [-0.4, -0.2) is 17.1 Å². The molecule has 0 unspecified atom stereocenters. The Bertz CT molecular complexity index is 840.